The molecule has 0 spiro atoms. The Morgan fingerprint density at radius 1 is 1.32 bits per heavy atom. The number of nitrogens with zero attached hydrogens (tertiary/aromatic N) is 2. The number of nitrogens with two attached hydrogens (primary N) is 1. The molecule has 1 aliphatic carbocycles. The van der Waals surface area contributed by atoms with E-state index in [9.17, 15) is 0 Å². The molecule has 0 radical (unpaired) electrons. The molecular formula is C16H23ClN4S. The van der Waals surface area contributed by atoms with E-state index in [1.165, 1.54) is 48.4 Å². The Kier molecular flexibility index (Phi) is 5.91. The van der Waals surface area contributed by atoms with Crippen molar-refractivity contribution >= 4 is 40.3 Å². The number of hydrogen-bond donors (Lipinski definition) is 2. The van der Waals surface area contributed by atoms with Crippen molar-refractivity contribution in [2.45, 2.75) is 38.3 Å². The smallest absolute Gasteiger partial charge is 0.180 e. The number of rotatable bonds is 5. The number of anilines is 3. The van der Waals surface area contributed by atoms with Crippen LogP contribution in [-0.4, -0.2) is 18.1 Å². The third kappa shape index (κ3) is 3.84. The first-order chi connectivity index (χ1) is 10.2. The van der Waals surface area contributed by atoms with Gasteiger partial charge in [-0.1, -0.05) is 25.0 Å². The van der Waals surface area contributed by atoms with Gasteiger partial charge in [0.05, 0.1) is 17.9 Å². The Bertz CT molecular complexity index is 595. The van der Waals surface area contributed by atoms with Crippen molar-refractivity contribution in [2.75, 3.05) is 23.0 Å². The summed E-state index contributed by atoms with van der Waals surface area (Å²) < 4.78 is 0. The van der Waals surface area contributed by atoms with E-state index in [2.05, 4.69) is 46.5 Å². The van der Waals surface area contributed by atoms with Gasteiger partial charge >= 0.3 is 0 Å². The molecule has 6 heteroatoms. The monoisotopic (exact) mass is 338 g/mol. The van der Waals surface area contributed by atoms with E-state index in [1.54, 1.807) is 0 Å². The van der Waals surface area contributed by atoms with E-state index in [-0.39, 0.29) is 12.4 Å². The van der Waals surface area contributed by atoms with Crippen LogP contribution in [0.1, 0.15) is 30.6 Å². The second-order valence-electron chi connectivity index (χ2n) is 5.58. The van der Waals surface area contributed by atoms with Crippen molar-refractivity contribution < 1.29 is 0 Å². The van der Waals surface area contributed by atoms with E-state index in [0.717, 1.165) is 11.4 Å². The first kappa shape index (κ1) is 16.9. The van der Waals surface area contributed by atoms with Gasteiger partial charge in [0.25, 0.3) is 0 Å². The van der Waals surface area contributed by atoms with Crippen LogP contribution in [0.2, 0.25) is 0 Å². The summed E-state index contributed by atoms with van der Waals surface area (Å²) in [5.74, 6) is 0. The molecule has 0 saturated heterocycles. The molecule has 0 atom stereocenters. The van der Waals surface area contributed by atoms with Crippen LogP contribution in [0.3, 0.4) is 0 Å². The minimum Gasteiger partial charge on any atom is -0.378 e. The highest BCUT2D eigenvalue weighted by Crippen LogP contribution is 2.32. The summed E-state index contributed by atoms with van der Waals surface area (Å²) in [5, 5.41) is 4.15. The summed E-state index contributed by atoms with van der Waals surface area (Å²) in [6.45, 7) is 0.768. The van der Waals surface area contributed by atoms with Crippen molar-refractivity contribution in [1.29, 1.82) is 0 Å². The number of hydrogen-bond acceptors (Lipinski definition) is 5. The molecule has 3 N–H and O–H groups in total. The SMILES string of the molecule is CN(c1ccccc1NCc1cnc(N)s1)C1CCCC1.Cl. The van der Waals surface area contributed by atoms with Gasteiger partial charge in [0, 0.05) is 24.2 Å². The highest BCUT2D eigenvalue weighted by Gasteiger charge is 2.21. The molecule has 1 heterocycles. The number of halogens is 1. The lowest BCUT2D eigenvalue weighted by atomic mass is 10.1. The summed E-state index contributed by atoms with van der Waals surface area (Å²) in [6, 6.07) is 9.20. The molecule has 0 amide bonds. The molecule has 0 aliphatic heterocycles. The Hall–Kier alpha value is -1.46. The normalized spacial score (nSPS) is 14.6. The van der Waals surface area contributed by atoms with Crippen molar-refractivity contribution in [2.24, 2.45) is 0 Å². The number of para-hydroxylation sites is 2. The summed E-state index contributed by atoms with van der Waals surface area (Å²) in [5.41, 5.74) is 8.14. The second kappa shape index (κ2) is 7.70. The van der Waals surface area contributed by atoms with Gasteiger partial charge in [-0.05, 0) is 25.0 Å². The van der Waals surface area contributed by atoms with Crippen LogP contribution in [0.25, 0.3) is 0 Å². The molecule has 0 bridgehead atoms. The number of aromatic nitrogens is 1. The number of benzene rings is 1. The maximum atomic E-state index is 5.68. The van der Waals surface area contributed by atoms with Gasteiger partial charge in [-0.3, -0.25) is 0 Å². The Labute approximate surface area is 142 Å². The summed E-state index contributed by atoms with van der Waals surface area (Å²) in [7, 11) is 2.21. The highest BCUT2D eigenvalue weighted by molar-refractivity contribution is 7.15. The summed E-state index contributed by atoms with van der Waals surface area (Å²) in [4.78, 5) is 7.68. The van der Waals surface area contributed by atoms with Crippen molar-refractivity contribution in [1.82, 2.24) is 4.98 Å². The van der Waals surface area contributed by atoms with Crippen molar-refractivity contribution in [3.63, 3.8) is 0 Å². The minimum atomic E-state index is 0. The number of nitrogens with one attached hydrogen (secondary N) is 1. The zero-order valence-electron chi connectivity index (χ0n) is 12.8. The number of thiazole rings is 1. The maximum Gasteiger partial charge on any atom is 0.180 e. The van der Waals surface area contributed by atoms with Crippen LogP contribution in [0.15, 0.2) is 30.5 Å². The molecule has 1 aromatic heterocycles. The molecule has 1 fully saturated rings. The molecule has 1 aromatic carbocycles. The number of nitrogen functional groups attached to an aromatic ring is 1. The van der Waals surface area contributed by atoms with Gasteiger partial charge in [0.2, 0.25) is 0 Å². The first-order valence-electron chi connectivity index (χ1n) is 7.50. The third-order valence-electron chi connectivity index (χ3n) is 4.18. The second-order valence-corrected chi connectivity index (χ2v) is 6.73. The summed E-state index contributed by atoms with van der Waals surface area (Å²) in [6.07, 6.45) is 7.15. The highest BCUT2D eigenvalue weighted by atomic mass is 35.5. The van der Waals surface area contributed by atoms with E-state index >= 15 is 0 Å². The van der Waals surface area contributed by atoms with Crippen LogP contribution < -0.4 is 16.0 Å². The minimum absolute atomic E-state index is 0. The van der Waals surface area contributed by atoms with Gasteiger partial charge in [0.15, 0.2) is 5.13 Å². The van der Waals surface area contributed by atoms with Crippen LogP contribution in [-0.2, 0) is 6.54 Å². The van der Waals surface area contributed by atoms with E-state index in [4.69, 9.17) is 5.73 Å². The van der Waals surface area contributed by atoms with E-state index in [0.29, 0.717) is 11.2 Å². The molecule has 120 valence electrons. The molecule has 1 saturated carbocycles. The predicted molar refractivity (Wildman–Crippen MR) is 98.2 cm³/mol. The van der Waals surface area contributed by atoms with Gasteiger partial charge < -0.3 is 16.0 Å². The molecule has 4 nitrogen and oxygen atoms in total. The fourth-order valence-electron chi connectivity index (χ4n) is 3.01. The zero-order valence-corrected chi connectivity index (χ0v) is 14.4. The molecule has 2 aromatic rings. The zero-order chi connectivity index (χ0) is 14.7. The van der Waals surface area contributed by atoms with Gasteiger partial charge in [-0.15, -0.1) is 23.7 Å². The lowest BCUT2D eigenvalue weighted by molar-refractivity contribution is 0.653. The molecule has 22 heavy (non-hydrogen) atoms. The van der Waals surface area contributed by atoms with Crippen LogP contribution in [0.5, 0.6) is 0 Å². The average molecular weight is 339 g/mol. The van der Waals surface area contributed by atoms with Crippen LogP contribution >= 0.6 is 23.7 Å². The van der Waals surface area contributed by atoms with Gasteiger partial charge in [-0.2, -0.15) is 0 Å². The van der Waals surface area contributed by atoms with Crippen molar-refractivity contribution in [3.05, 3.63) is 35.3 Å². The quantitative estimate of drug-likeness (QED) is 0.860. The Balaban J connectivity index is 0.00000176. The third-order valence-corrected chi connectivity index (χ3v) is 5.01. The average Bonchev–Trinajstić information content (AvgIpc) is 3.16. The van der Waals surface area contributed by atoms with Gasteiger partial charge in [-0.25, -0.2) is 4.98 Å². The summed E-state index contributed by atoms with van der Waals surface area (Å²) >= 11 is 1.54. The Morgan fingerprint density at radius 3 is 2.73 bits per heavy atom. The fraction of sp³-hybridized carbons (Fsp3) is 0.438. The largest absolute Gasteiger partial charge is 0.378 e. The predicted octanol–water partition coefficient (Wildman–Crippen LogP) is 4.14. The van der Waals surface area contributed by atoms with Gasteiger partial charge in [0.1, 0.15) is 0 Å². The molecule has 3 rings (SSSR count). The van der Waals surface area contributed by atoms with Crippen LogP contribution in [0.4, 0.5) is 16.5 Å². The molecular weight excluding hydrogens is 316 g/mol. The van der Waals surface area contributed by atoms with E-state index < -0.39 is 0 Å². The van der Waals surface area contributed by atoms with Crippen LogP contribution in [0, 0.1) is 0 Å². The molecule has 0 unspecified atom stereocenters. The molecule has 1 aliphatic rings. The fourth-order valence-corrected chi connectivity index (χ4v) is 3.63. The lowest BCUT2D eigenvalue weighted by Crippen LogP contribution is -2.29. The maximum absolute atomic E-state index is 5.68. The lowest BCUT2D eigenvalue weighted by Gasteiger charge is -2.28. The Morgan fingerprint density at radius 2 is 2.05 bits per heavy atom. The standard InChI is InChI=1S/C16H22N4S.ClH/c1-20(12-6-2-3-7-12)15-9-5-4-8-14(15)18-10-13-11-19-16(17)21-13;/h4-5,8-9,11-12,18H,2-3,6-7,10H2,1H3,(H2,17,19);1H. The van der Waals surface area contributed by atoms with E-state index in [1.807, 2.05) is 6.20 Å². The topological polar surface area (TPSA) is 54.2 Å². The first-order valence-corrected chi connectivity index (χ1v) is 8.31. The van der Waals surface area contributed by atoms with Crippen molar-refractivity contribution in [3.8, 4) is 0 Å².